The molecule has 0 aromatic rings. The quantitative estimate of drug-likeness (QED) is 0.406. The van der Waals surface area contributed by atoms with E-state index in [4.69, 9.17) is 11.6 Å². The van der Waals surface area contributed by atoms with Crippen molar-refractivity contribution in [3.63, 3.8) is 0 Å². The topological polar surface area (TPSA) is 0 Å². The molecule has 1 radical (unpaired) electrons. The van der Waals surface area contributed by atoms with Crippen LogP contribution in [0.15, 0.2) is 0 Å². The number of hydrogen-bond donors (Lipinski definition) is 0. The van der Waals surface area contributed by atoms with Crippen molar-refractivity contribution < 1.29 is 0 Å². The van der Waals surface area contributed by atoms with E-state index in [1.807, 2.05) is 0 Å². The Labute approximate surface area is 70.1 Å². The van der Waals surface area contributed by atoms with E-state index in [2.05, 4.69) is 29.5 Å². The van der Waals surface area contributed by atoms with Gasteiger partial charge in [-0.3, -0.25) is 0 Å². The zero-order valence-corrected chi connectivity index (χ0v) is 7.78. The van der Waals surface area contributed by atoms with Crippen molar-refractivity contribution >= 4 is 34.2 Å². The summed E-state index contributed by atoms with van der Waals surface area (Å²) in [6.45, 7) is 3.85. The standard InChI is InChI=1S/C6H11ClI/c1-6(8)4-2-3-5-7/h6H,1-5H2. The third kappa shape index (κ3) is 7.02. The maximum absolute atomic E-state index is 5.46. The molecule has 8 heavy (non-hydrogen) atoms. The van der Waals surface area contributed by atoms with Gasteiger partial charge in [0.2, 0.25) is 0 Å². The molecule has 0 aliphatic heterocycles. The molecule has 49 valence electrons. The maximum Gasteiger partial charge on any atom is 0.0223 e. The van der Waals surface area contributed by atoms with Gasteiger partial charge < -0.3 is 0 Å². The van der Waals surface area contributed by atoms with Crippen molar-refractivity contribution in [1.82, 2.24) is 0 Å². The Morgan fingerprint density at radius 3 is 2.50 bits per heavy atom. The fraction of sp³-hybridized carbons (Fsp3) is 0.833. The van der Waals surface area contributed by atoms with Gasteiger partial charge in [-0.2, -0.15) is 0 Å². The summed E-state index contributed by atoms with van der Waals surface area (Å²) < 4.78 is 0.566. The van der Waals surface area contributed by atoms with E-state index in [1.165, 1.54) is 12.8 Å². The van der Waals surface area contributed by atoms with E-state index in [0.717, 1.165) is 12.3 Å². The third-order valence-electron chi connectivity index (χ3n) is 0.901. The molecule has 1 atom stereocenters. The molecule has 0 fully saturated rings. The lowest BCUT2D eigenvalue weighted by Crippen LogP contribution is -1.89. The minimum absolute atomic E-state index is 0.566. The monoisotopic (exact) mass is 245 g/mol. The SMILES string of the molecule is [CH2]C(I)CCCCCl. The predicted octanol–water partition coefficient (Wildman–Crippen LogP) is 3.03. The first kappa shape index (κ1) is 9.02. The normalized spacial score (nSPS) is 13.9. The zero-order valence-electron chi connectivity index (χ0n) is 4.87. The predicted molar refractivity (Wildman–Crippen MR) is 47.7 cm³/mol. The molecule has 0 nitrogen and oxygen atoms in total. The van der Waals surface area contributed by atoms with Gasteiger partial charge >= 0.3 is 0 Å². The van der Waals surface area contributed by atoms with E-state index >= 15 is 0 Å². The molecule has 0 spiro atoms. The van der Waals surface area contributed by atoms with Crippen molar-refractivity contribution in [1.29, 1.82) is 0 Å². The number of unbranched alkanes of at least 4 members (excludes halogenated alkanes) is 1. The molecule has 0 bridgehead atoms. The first-order valence-electron chi connectivity index (χ1n) is 2.80. The summed E-state index contributed by atoms with van der Waals surface area (Å²) in [6.07, 6.45) is 3.56. The van der Waals surface area contributed by atoms with Crippen LogP contribution in [0.3, 0.4) is 0 Å². The van der Waals surface area contributed by atoms with Crippen molar-refractivity contribution in [3.05, 3.63) is 6.92 Å². The Morgan fingerprint density at radius 2 is 2.12 bits per heavy atom. The van der Waals surface area contributed by atoms with Crippen molar-refractivity contribution in [2.75, 3.05) is 5.88 Å². The molecule has 0 heterocycles. The van der Waals surface area contributed by atoms with E-state index in [9.17, 15) is 0 Å². The number of halogens is 2. The van der Waals surface area contributed by atoms with Crippen molar-refractivity contribution in [2.24, 2.45) is 0 Å². The van der Waals surface area contributed by atoms with E-state index < -0.39 is 0 Å². The average Bonchev–Trinajstić information content (AvgIpc) is 1.66. The van der Waals surface area contributed by atoms with Gasteiger partial charge in [0.05, 0.1) is 0 Å². The van der Waals surface area contributed by atoms with Crippen LogP contribution in [-0.4, -0.2) is 9.80 Å². The second kappa shape index (κ2) is 6.14. The molecule has 0 aromatic heterocycles. The molecule has 0 saturated carbocycles. The van der Waals surface area contributed by atoms with Crippen LogP contribution in [0, 0.1) is 6.92 Å². The third-order valence-corrected chi connectivity index (χ3v) is 1.79. The molecule has 0 rings (SSSR count). The lowest BCUT2D eigenvalue weighted by molar-refractivity contribution is 0.751. The second-order valence-corrected chi connectivity index (χ2v) is 3.92. The van der Waals surface area contributed by atoms with Crippen LogP contribution in [0.1, 0.15) is 19.3 Å². The first-order valence-corrected chi connectivity index (χ1v) is 4.58. The van der Waals surface area contributed by atoms with Gasteiger partial charge in [0.25, 0.3) is 0 Å². The Hall–Kier alpha value is 1.02. The van der Waals surface area contributed by atoms with Crippen LogP contribution in [-0.2, 0) is 0 Å². The highest BCUT2D eigenvalue weighted by Gasteiger charge is 1.92. The van der Waals surface area contributed by atoms with Crippen LogP contribution in [0.2, 0.25) is 0 Å². The van der Waals surface area contributed by atoms with Gasteiger partial charge in [-0.15, -0.1) is 11.6 Å². The Balaban J connectivity index is 2.72. The molecule has 0 saturated heterocycles. The Kier molecular flexibility index (Phi) is 6.93. The van der Waals surface area contributed by atoms with E-state index in [1.54, 1.807) is 0 Å². The van der Waals surface area contributed by atoms with Crippen LogP contribution >= 0.6 is 34.2 Å². The molecule has 2 heteroatoms. The van der Waals surface area contributed by atoms with Gasteiger partial charge in [-0.1, -0.05) is 29.0 Å². The molecule has 1 unspecified atom stereocenters. The minimum atomic E-state index is 0.566. The smallest absolute Gasteiger partial charge is 0.0223 e. The summed E-state index contributed by atoms with van der Waals surface area (Å²) in [5.41, 5.74) is 0. The molecule has 0 N–H and O–H groups in total. The zero-order chi connectivity index (χ0) is 6.41. The van der Waals surface area contributed by atoms with Crippen LogP contribution in [0.5, 0.6) is 0 Å². The van der Waals surface area contributed by atoms with Crippen LogP contribution in [0.4, 0.5) is 0 Å². The van der Waals surface area contributed by atoms with Gasteiger partial charge in [-0.25, -0.2) is 0 Å². The van der Waals surface area contributed by atoms with Gasteiger partial charge in [0, 0.05) is 9.80 Å². The molecular weight excluding hydrogens is 234 g/mol. The van der Waals surface area contributed by atoms with Crippen LogP contribution in [0.25, 0.3) is 0 Å². The number of alkyl halides is 2. The number of hydrogen-bond acceptors (Lipinski definition) is 0. The molecule has 0 aliphatic carbocycles. The highest BCUT2D eigenvalue weighted by molar-refractivity contribution is 14.1. The summed E-state index contributed by atoms with van der Waals surface area (Å²) in [7, 11) is 0. The Morgan fingerprint density at radius 1 is 1.50 bits per heavy atom. The summed E-state index contributed by atoms with van der Waals surface area (Å²) >= 11 is 7.79. The lowest BCUT2D eigenvalue weighted by Gasteiger charge is -1.98. The number of rotatable bonds is 4. The lowest BCUT2D eigenvalue weighted by atomic mass is 10.2. The van der Waals surface area contributed by atoms with Crippen molar-refractivity contribution in [3.8, 4) is 0 Å². The van der Waals surface area contributed by atoms with Gasteiger partial charge in [0.15, 0.2) is 0 Å². The molecule has 0 aliphatic rings. The molecular formula is C6H11ClI. The summed E-state index contributed by atoms with van der Waals surface area (Å²) in [4.78, 5) is 0. The highest BCUT2D eigenvalue weighted by Crippen LogP contribution is 2.08. The summed E-state index contributed by atoms with van der Waals surface area (Å²) in [5.74, 6) is 0.795. The van der Waals surface area contributed by atoms with Crippen LogP contribution < -0.4 is 0 Å². The average molecular weight is 246 g/mol. The fourth-order valence-corrected chi connectivity index (χ4v) is 1.09. The van der Waals surface area contributed by atoms with Crippen molar-refractivity contribution in [2.45, 2.75) is 23.2 Å². The largest absolute Gasteiger partial charge is 0.127 e. The minimum Gasteiger partial charge on any atom is -0.127 e. The first-order chi connectivity index (χ1) is 3.77. The summed E-state index contributed by atoms with van der Waals surface area (Å²) in [5, 5.41) is 0. The maximum atomic E-state index is 5.46. The second-order valence-electron chi connectivity index (χ2n) is 1.78. The van der Waals surface area contributed by atoms with Gasteiger partial charge in [-0.05, 0) is 19.8 Å². The van der Waals surface area contributed by atoms with Gasteiger partial charge in [0.1, 0.15) is 0 Å². The van der Waals surface area contributed by atoms with E-state index in [-0.39, 0.29) is 0 Å². The summed E-state index contributed by atoms with van der Waals surface area (Å²) in [6, 6.07) is 0. The highest BCUT2D eigenvalue weighted by atomic mass is 127. The Bertz CT molecular complexity index is 45.8. The fourth-order valence-electron chi connectivity index (χ4n) is 0.460. The van der Waals surface area contributed by atoms with E-state index in [0.29, 0.717) is 3.92 Å². The molecule has 0 aromatic carbocycles. The molecule has 0 amide bonds.